The molecule has 1 heterocycles. The highest BCUT2D eigenvalue weighted by atomic mass is 35.5. The Morgan fingerprint density at radius 1 is 1.36 bits per heavy atom. The van der Waals surface area contributed by atoms with E-state index in [1.165, 1.54) is 17.1 Å². The molecule has 116 valence electrons. The third-order valence-corrected chi connectivity index (χ3v) is 3.45. The number of benzene rings is 1. The number of nitrogens with one attached hydrogen (secondary N) is 2. The number of amides is 2. The second-order valence-corrected chi connectivity index (χ2v) is 5.42. The van der Waals surface area contributed by atoms with Crippen molar-refractivity contribution in [2.45, 2.75) is 13.5 Å². The third kappa shape index (κ3) is 4.22. The summed E-state index contributed by atoms with van der Waals surface area (Å²) in [5.41, 5.74) is 0.841. The number of carbonyl (C=O) groups excluding carboxylic acids is 1. The molecule has 2 N–H and O–H groups in total. The number of hydrogen-bond acceptors (Lipinski definition) is 3. The SMILES string of the molecule is Cc1cncn(CCNC(=O)Nc2cc(Cl)ccc2Cl)c1=O. The molecular formula is C14H14Cl2N4O2. The van der Waals surface area contributed by atoms with Crippen molar-refractivity contribution in [2.24, 2.45) is 0 Å². The first-order valence-corrected chi connectivity index (χ1v) is 7.24. The van der Waals surface area contributed by atoms with E-state index in [0.29, 0.717) is 27.8 Å². The second kappa shape index (κ2) is 7.29. The molecule has 2 amide bonds. The van der Waals surface area contributed by atoms with Gasteiger partial charge in [-0.2, -0.15) is 0 Å². The molecule has 0 unspecified atom stereocenters. The minimum atomic E-state index is -0.433. The van der Waals surface area contributed by atoms with Gasteiger partial charge < -0.3 is 10.6 Å². The van der Waals surface area contributed by atoms with Crippen molar-refractivity contribution >= 4 is 34.9 Å². The molecule has 0 radical (unpaired) electrons. The van der Waals surface area contributed by atoms with Gasteiger partial charge in [-0.3, -0.25) is 9.36 Å². The van der Waals surface area contributed by atoms with Crippen LogP contribution in [0.15, 0.2) is 35.5 Å². The summed E-state index contributed by atoms with van der Waals surface area (Å²) in [4.78, 5) is 27.5. The van der Waals surface area contributed by atoms with Crippen LogP contribution in [-0.2, 0) is 6.54 Å². The molecule has 1 aromatic heterocycles. The van der Waals surface area contributed by atoms with E-state index in [9.17, 15) is 9.59 Å². The second-order valence-electron chi connectivity index (χ2n) is 4.58. The maximum atomic E-state index is 11.8. The van der Waals surface area contributed by atoms with E-state index in [-0.39, 0.29) is 12.1 Å². The van der Waals surface area contributed by atoms with E-state index in [1.54, 1.807) is 25.1 Å². The summed E-state index contributed by atoms with van der Waals surface area (Å²) in [5, 5.41) is 6.08. The summed E-state index contributed by atoms with van der Waals surface area (Å²) in [6, 6.07) is 4.35. The summed E-state index contributed by atoms with van der Waals surface area (Å²) < 4.78 is 1.43. The molecule has 0 aliphatic carbocycles. The van der Waals surface area contributed by atoms with Crippen molar-refractivity contribution in [3.63, 3.8) is 0 Å². The predicted octanol–water partition coefficient (Wildman–Crippen LogP) is 2.68. The number of nitrogens with zero attached hydrogens (tertiary/aromatic N) is 2. The first kappa shape index (κ1) is 16.3. The van der Waals surface area contributed by atoms with Crippen LogP contribution in [-0.4, -0.2) is 22.1 Å². The van der Waals surface area contributed by atoms with E-state index < -0.39 is 6.03 Å². The summed E-state index contributed by atoms with van der Waals surface area (Å²) >= 11 is 11.8. The van der Waals surface area contributed by atoms with Crippen LogP contribution in [0.4, 0.5) is 10.5 Å². The molecule has 0 bridgehead atoms. The molecule has 0 saturated heterocycles. The van der Waals surface area contributed by atoms with Crippen LogP contribution < -0.4 is 16.2 Å². The Labute approximate surface area is 137 Å². The van der Waals surface area contributed by atoms with Gasteiger partial charge in [0.2, 0.25) is 0 Å². The van der Waals surface area contributed by atoms with Gasteiger partial charge in [-0.05, 0) is 25.1 Å². The minimum Gasteiger partial charge on any atom is -0.336 e. The number of aryl methyl sites for hydroxylation is 1. The largest absolute Gasteiger partial charge is 0.336 e. The number of anilines is 1. The molecule has 0 aliphatic rings. The lowest BCUT2D eigenvalue weighted by atomic mass is 10.3. The first-order valence-electron chi connectivity index (χ1n) is 6.48. The first-order chi connectivity index (χ1) is 10.5. The van der Waals surface area contributed by atoms with Crippen molar-refractivity contribution in [3.05, 3.63) is 56.7 Å². The van der Waals surface area contributed by atoms with Gasteiger partial charge in [-0.15, -0.1) is 0 Å². The highest BCUT2D eigenvalue weighted by Gasteiger charge is 2.06. The fourth-order valence-electron chi connectivity index (χ4n) is 1.77. The van der Waals surface area contributed by atoms with Gasteiger partial charge in [0.1, 0.15) is 0 Å². The lowest BCUT2D eigenvalue weighted by Gasteiger charge is -2.10. The van der Waals surface area contributed by atoms with E-state index >= 15 is 0 Å². The van der Waals surface area contributed by atoms with Crippen LogP contribution >= 0.6 is 23.2 Å². The van der Waals surface area contributed by atoms with E-state index in [1.807, 2.05) is 0 Å². The number of aromatic nitrogens is 2. The molecule has 2 rings (SSSR count). The maximum absolute atomic E-state index is 11.8. The Kier molecular flexibility index (Phi) is 5.41. The van der Waals surface area contributed by atoms with E-state index in [4.69, 9.17) is 23.2 Å². The van der Waals surface area contributed by atoms with Crippen molar-refractivity contribution in [2.75, 3.05) is 11.9 Å². The minimum absolute atomic E-state index is 0.130. The number of halogens is 2. The van der Waals surface area contributed by atoms with Crippen molar-refractivity contribution in [1.29, 1.82) is 0 Å². The van der Waals surface area contributed by atoms with Gasteiger partial charge in [0.15, 0.2) is 0 Å². The number of urea groups is 1. The lowest BCUT2D eigenvalue weighted by molar-refractivity contribution is 0.251. The Hall–Kier alpha value is -2.05. The van der Waals surface area contributed by atoms with Crippen LogP contribution in [0.5, 0.6) is 0 Å². The smallest absolute Gasteiger partial charge is 0.319 e. The highest BCUT2D eigenvalue weighted by Crippen LogP contribution is 2.25. The Morgan fingerprint density at radius 3 is 2.91 bits per heavy atom. The zero-order chi connectivity index (χ0) is 16.1. The Balaban J connectivity index is 1.89. The molecule has 22 heavy (non-hydrogen) atoms. The maximum Gasteiger partial charge on any atom is 0.319 e. The Bertz CT molecular complexity index is 746. The van der Waals surface area contributed by atoms with Gasteiger partial charge in [0.25, 0.3) is 5.56 Å². The monoisotopic (exact) mass is 340 g/mol. The number of rotatable bonds is 4. The molecule has 1 aromatic carbocycles. The molecule has 0 aliphatic heterocycles. The van der Waals surface area contributed by atoms with Crippen molar-refractivity contribution in [3.8, 4) is 0 Å². The van der Waals surface area contributed by atoms with Crippen LogP contribution in [0.25, 0.3) is 0 Å². The van der Waals surface area contributed by atoms with Crippen LogP contribution in [0.3, 0.4) is 0 Å². The van der Waals surface area contributed by atoms with E-state index in [2.05, 4.69) is 15.6 Å². The van der Waals surface area contributed by atoms with Crippen molar-refractivity contribution in [1.82, 2.24) is 14.9 Å². The van der Waals surface area contributed by atoms with Crippen molar-refractivity contribution < 1.29 is 4.79 Å². The number of carbonyl (C=O) groups is 1. The molecule has 2 aromatic rings. The van der Waals surface area contributed by atoms with Gasteiger partial charge in [0.05, 0.1) is 17.0 Å². The third-order valence-electron chi connectivity index (χ3n) is 2.89. The molecule has 6 nitrogen and oxygen atoms in total. The topological polar surface area (TPSA) is 76.0 Å². The highest BCUT2D eigenvalue weighted by molar-refractivity contribution is 6.35. The van der Waals surface area contributed by atoms with Gasteiger partial charge in [0, 0.05) is 29.9 Å². The zero-order valence-electron chi connectivity index (χ0n) is 11.8. The Morgan fingerprint density at radius 2 is 2.14 bits per heavy atom. The number of hydrogen-bond donors (Lipinski definition) is 2. The zero-order valence-corrected chi connectivity index (χ0v) is 13.3. The summed E-state index contributed by atoms with van der Waals surface area (Å²) in [6.45, 7) is 2.28. The quantitative estimate of drug-likeness (QED) is 0.898. The molecule has 0 fully saturated rings. The normalized spacial score (nSPS) is 10.3. The average molecular weight is 341 g/mol. The predicted molar refractivity (Wildman–Crippen MR) is 86.7 cm³/mol. The van der Waals surface area contributed by atoms with Gasteiger partial charge in [-0.25, -0.2) is 9.78 Å². The summed E-state index contributed by atoms with van der Waals surface area (Å²) in [5.74, 6) is 0. The lowest BCUT2D eigenvalue weighted by Crippen LogP contribution is -2.34. The summed E-state index contributed by atoms with van der Waals surface area (Å²) in [6.07, 6.45) is 2.93. The molecule has 0 spiro atoms. The fraction of sp³-hybridized carbons (Fsp3) is 0.214. The average Bonchev–Trinajstić information content (AvgIpc) is 2.47. The molecule has 8 heteroatoms. The molecular weight excluding hydrogens is 327 g/mol. The van der Waals surface area contributed by atoms with Crippen LogP contribution in [0.1, 0.15) is 5.56 Å². The molecule has 0 atom stereocenters. The van der Waals surface area contributed by atoms with Gasteiger partial charge in [-0.1, -0.05) is 23.2 Å². The van der Waals surface area contributed by atoms with Gasteiger partial charge >= 0.3 is 6.03 Å². The van der Waals surface area contributed by atoms with Crippen LogP contribution in [0.2, 0.25) is 10.0 Å². The van der Waals surface area contributed by atoms with Crippen LogP contribution in [0, 0.1) is 6.92 Å². The fourth-order valence-corrected chi connectivity index (χ4v) is 2.11. The van der Waals surface area contributed by atoms with E-state index in [0.717, 1.165) is 0 Å². The molecule has 0 saturated carbocycles. The summed E-state index contributed by atoms with van der Waals surface area (Å²) in [7, 11) is 0. The standard InChI is InChI=1S/C14H14Cl2N4O2/c1-9-7-17-8-20(13(9)21)5-4-18-14(22)19-12-6-10(15)2-3-11(12)16/h2-3,6-8H,4-5H2,1H3,(H2,18,19,22).